The van der Waals surface area contributed by atoms with Crippen molar-refractivity contribution in [2.45, 2.75) is 6.92 Å². The molecule has 3 aromatic rings. The van der Waals surface area contributed by atoms with Gasteiger partial charge >= 0.3 is 0 Å². The first-order valence-electron chi connectivity index (χ1n) is 7.75. The van der Waals surface area contributed by atoms with Crippen LogP contribution in [0, 0.1) is 6.92 Å². The van der Waals surface area contributed by atoms with E-state index in [9.17, 15) is 9.59 Å². The second kappa shape index (κ2) is 7.09. The minimum Gasteiger partial charge on any atom is -0.497 e. The first-order valence-corrected chi connectivity index (χ1v) is 7.75. The summed E-state index contributed by atoms with van der Waals surface area (Å²) >= 11 is 0. The van der Waals surface area contributed by atoms with E-state index in [1.54, 1.807) is 49.6 Å². The smallest absolute Gasteiger partial charge is 0.262 e. The van der Waals surface area contributed by atoms with Crippen LogP contribution in [0.1, 0.15) is 5.56 Å². The van der Waals surface area contributed by atoms with E-state index in [0.29, 0.717) is 22.7 Å². The molecule has 128 valence electrons. The fraction of sp³-hybridized carbons (Fsp3) is 0.158. The number of amides is 1. The highest BCUT2D eigenvalue weighted by Gasteiger charge is 2.06. The van der Waals surface area contributed by atoms with Crippen molar-refractivity contribution in [2.75, 3.05) is 19.0 Å². The summed E-state index contributed by atoms with van der Waals surface area (Å²) in [5, 5.41) is 3.69. The van der Waals surface area contributed by atoms with Crippen molar-refractivity contribution >= 4 is 22.5 Å². The molecule has 0 fully saturated rings. The van der Waals surface area contributed by atoms with Crippen LogP contribution in [0.2, 0.25) is 0 Å². The van der Waals surface area contributed by atoms with E-state index >= 15 is 0 Å². The van der Waals surface area contributed by atoms with Crippen LogP contribution in [0.3, 0.4) is 0 Å². The number of rotatable bonds is 5. The highest BCUT2D eigenvalue weighted by molar-refractivity contribution is 5.94. The Hall–Kier alpha value is -3.28. The number of hydrogen-bond donors (Lipinski definition) is 2. The number of carbonyl (C=O) groups is 1. The zero-order valence-electron chi connectivity index (χ0n) is 14.0. The topological polar surface area (TPSA) is 80.4 Å². The molecule has 0 unspecified atom stereocenters. The Kier molecular flexibility index (Phi) is 4.70. The van der Waals surface area contributed by atoms with Gasteiger partial charge in [0, 0.05) is 23.2 Å². The summed E-state index contributed by atoms with van der Waals surface area (Å²) < 4.78 is 10.6. The molecule has 6 nitrogen and oxygen atoms in total. The molecule has 0 aliphatic heterocycles. The maximum Gasteiger partial charge on any atom is 0.262 e. The van der Waals surface area contributed by atoms with Crippen molar-refractivity contribution in [1.82, 2.24) is 4.98 Å². The zero-order chi connectivity index (χ0) is 17.8. The molecule has 3 rings (SSSR count). The second-order valence-corrected chi connectivity index (χ2v) is 5.59. The third kappa shape index (κ3) is 3.98. The fourth-order valence-corrected chi connectivity index (χ4v) is 2.55. The number of hydrogen-bond acceptors (Lipinski definition) is 4. The van der Waals surface area contributed by atoms with Gasteiger partial charge in [0.25, 0.3) is 5.91 Å². The average molecular weight is 338 g/mol. The molecular weight excluding hydrogens is 320 g/mol. The van der Waals surface area contributed by atoms with Crippen molar-refractivity contribution in [2.24, 2.45) is 0 Å². The summed E-state index contributed by atoms with van der Waals surface area (Å²) in [4.78, 5) is 26.4. The summed E-state index contributed by atoms with van der Waals surface area (Å²) in [7, 11) is 1.57. The molecular formula is C19H18N2O4. The number of methoxy groups -OCH3 is 1. The van der Waals surface area contributed by atoms with Crippen LogP contribution in [0.5, 0.6) is 11.5 Å². The van der Waals surface area contributed by atoms with Gasteiger partial charge in [0.2, 0.25) is 5.56 Å². The van der Waals surface area contributed by atoms with Gasteiger partial charge in [-0.2, -0.15) is 0 Å². The van der Waals surface area contributed by atoms with Crippen molar-refractivity contribution < 1.29 is 14.3 Å². The minimum absolute atomic E-state index is 0.129. The van der Waals surface area contributed by atoms with Gasteiger partial charge in [0.15, 0.2) is 6.61 Å². The molecule has 0 bridgehead atoms. The lowest BCUT2D eigenvalue weighted by Gasteiger charge is -2.09. The predicted octanol–water partition coefficient (Wildman–Crippen LogP) is 2.86. The molecule has 6 heteroatoms. The molecule has 0 spiro atoms. The molecule has 1 heterocycles. The Morgan fingerprint density at radius 1 is 1.12 bits per heavy atom. The van der Waals surface area contributed by atoms with Crippen molar-refractivity contribution in [1.29, 1.82) is 0 Å². The Morgan fingerprint density at radius 2 is 1.92 bits per heavy atom. The third-order valence-corrected chi connectivity index (χ3v) is 3.74. The van der Waals surface area contributed by atoms with Gasteiger partial charge in [-0.05, 0) is 36.8 Å². The maximum atomic E-state index is 12.1. The van der Waals surface area contributed by atoms with E-state index in [4.69, 9.17) is 9.47 Å². The number of H-pyrrole nitrogens is 1. The Morgan fingerprint density at radius 3 is 2.72 bits per heavy atom. The summed E-state index contributed by atoms with van der Waals surface area (Å²) in [6.07, 6.45) is 0. The number of aryl methyl sites for hydroxylation is 1. The van der Waals surface area contributed by atoms with Gasteiger partial charge in [-0.25, -0.2) is 0 Å². The number of benzene rings is 2. The molecule has 25 heavy (non-hydrogen) atoms. The summed E-state index contributed by atoms with van der Waals surface area (Å²) in [5.74, 6) is 0.914. The second-order valence-electron chi connectivity index (χ2n) is 5.59. The lowest BCUT2D eigenvalue weighted by Crippen LogP contribution is -2.20. The molecule has 0 atom stereocenters. The molecule has 0 saturated heterocycles. The first kappa shape index (κ1) is 16.6. The summed E-state index contributed by atoms with van der Waals surface area (Å²) in [6, 6.07) is 14.0. The van der Waals surface area contributed by atoms with Crippen molar-refractivity contribution in [3.05, 3.63) is 64.4 Å². The normalized spacial score (nSPS) is 10.5. The largest absolute Gasteiger partial charge is 0.497 e. The molecule has 2 N–H and O–H groups in total. The SMILES string of the molecule is COc1cccc(OCC(=O)Nc2ccc3c(C)cc(=O)[nH]c3c2)c1. The lowest BCUT2D eigenvalue weighted by atomic mass is 10.1. The molecule has 0 aliphatic rings. The average Bonchev–Trinajstić information content (AvgIpc) is 2.59. The standard InChI is InChI=1S/C19H18N2O4/c1-12-8-18(22)21-17-9-13(6-7-16(12)17)20-19(23)11-25-15-5-3-4-14(10-15)24-2/h3-10H,11H2,1-2H3,(H,20,23)(H,21,22). The first-order chi connectivity index (χ1) is 12.0. The number of fused-ring (bicyclic) bond motifs is 1. The van der Waals surface area contributed by atoms with E-state index in [-0.39, 0.29) is 18.1 Å². The molecule has 0 saturated carbocycles. The fourth-order valence-electron chi connectivity index (χ4n) is 2.55. The van der Waals surface area contributed by atoms with Crippen LogP contribution in [0.25, 0.3) is 10.9 Å². The van der Waals surface area contributed by atoms with E-state index in [0.717, 1.165) is 10.9 Å². The van der Waals surface area contributed by atoms with Crippen LogP contribution >= 0.6 is 0 Å². The number of nitrogens with one attached hydrogen (secondary N) is 2. The molecule has 0 aliphatic carbocycles. The quantitative estimate of drug-likeness (QED) is 0.750. The van der Waals surface area contributed by atoms with Crippen LogP contribution in [0.15, 0.2) is 53.3 Å². The number of aromatic amines is 1. The molecule has 1 aromatic heterocycles. The van der Waals surface area contributed by atoms with Crippen LogP contribution in [0.4, 0.5) is 5.69 Å². The highest BCUT2D eigenvalue weighted by Crippen LogP contribution is 2.20. The van der Waals surface area contributed by atoms with Gasteiger partial charge in [-0.15, -0.1) is 0 Å². The van der Waals surface area contributed by atoms with Gasteiger partial charge in [-0.3, -0.25) is 9.59 Å². The molecule has 1 amide bonds. The van der Waals surface area contributed by atoms with Gasteiger partial charge < -0.3 is 19.8 Å². The maximum absolute atomic E-state index is 12.1. The number of aromatic nitrogens is 1. The summed E-state index contributed by atoms with van der Waals surface area (Å²) in [5.41, 5.74) is 1.98. The number of pyridine rings is 1. The Balaban J connectivity index is 1.68. The van der Waals surface area contributed by atoms with Gasteiger partial charge in [0.1, 0.15) is 11.5 Å². The van der Waals surface area contributed by atoms with Crippen molar-refractivity contribution in [3.8, 4) is 11.5 Å². The molecule has 0 radical (unpaired) electrons. The van der Waals surface area contributed by atoms with E-state index in [1.165, 1.54) is 0 Å². The van der Waals surface area contributed by atoms with Gasteiger partial charge in [-0.1, -0.05) is 12.1 Å². The Bertz CT molecular complexity index is 979. The highest BCUT2D eigenvalue weighted by atomic mass is 16.5. The van der Waals surface area contributed by atoms with Gasteiger partial charge in [0.05, 0.1) is 12.6 Å². The van der Waals surface area contributed by atoms with E-state index in [2.05, 4.69) is 10.3 Å². The minimum atomic E-state index is -0.294. The number of ether oxygens (including phenoxy) is 2. The summed E-state index contributed by atoms with van der Waals surface area (Å²) in [6.45, 7) is 1.74. The van der Waals surface area contributed by atoms with E-state index in [1.807, 2.05) is 13.0 Å². The van der Waals surface area contributed by atoms with Crippen molar-refractivity contribution in [3.63, 3.8) is 0 Å². The third-order valence-electron chi connectivity index (χ3n) is 3.74. The zero-order valence-corrected chi connectivity index (χ0v) is 14.0. The van der Waals surface area contributed by atoms with Crippen LogP contribution in [-0.4, -0.2) is 24.6 Å². The van der Waals surface area contributed by atoms with E-state index < -0.39 is 0 Å². The monoisotopic (exact) mass is 338 g/mol. The number of anilines is 1. The molecule has 2 aromatic carbocycles. The Labute approximate surface area is 144 Å². The lowest BCUT2D eigenvalue weighted by molar-refractivity contribution is -0.118. The van der Waals surface area contributed by atoms with Crippen LogP contribution in [-0.2, 0) is 4.79 Å². The predicted molar refractivity (Wildman–Crippen MR) is 96.4 cm³/mol. The van der Waals surface area contributed by atoms with Crippen LogP contribution < -0.4 is 20.3 Å². The number of carbonyl (C=O) groups excluding carboxylic acids is 1.